The summed E-state index contributed by atoms with van der Waals surface area (Å²) in [6.07, 6.45) is 1.90. The van der Waals surface area contributed by atoms with Crippen LogP contribution >= 0.6 is 11.3 Å². The normalized spacial score (nSPS) is 11.3. The van der Waals surface area contributed by atoms with Crippen LogP contribution in [0.2, 0.25) is 0 Å². The predicted octanol–water partition coefficient (Wildman–Crippen LogP) is 4.29. The molecule has 0 aliphatic rings. The van der Waals surface area contributed by atoms with Gasteiger partial charge in [0.1, 0.15) is 17.4 Å². The monoisotopic (exact) mass is 394 g/mol. The summed E-state index contributed by atoms with van der Waals surface area (Å²) in [5.41, 5.74) is 2.28. The second-order valence-electron chi connectivity index (χ2n) is 6.34. The molecule has 28 heavy (non-hydrogen) atoms. The van der Waals surface area contributed by atoms with Crippen LogP contribution in [0.3, 0.4) is 0 Å². The van der Waals surface area contributed by atoms with Crippen LogP contribution in [-0.2, 0) is 19.7 Å². The molecule has 0 amide bonds. The number of nitrogens with zero attached hydrogens (tertiary/aromatic N) is 2. The Bertz CT molecular complexity index is 892. The van der Waals surface area contributed by atoms with Gasteiger partial charge in [-0.1, -0.05) is 42.5 Å². The maximum absolute atomic E-state index is 5.83. The number of para-hydroxylation sites is 1. The first kappa shape index (κ1) is 19.9. The lowest BCUT2D eigenvalue weighted by Crippen LogP contribution is -2.36. The summed E-state index contributed by atoms with van der Waals surface area (Å²) in [6, 6.07) is 18.2. The van der Waals surface area contributed by atoms with Crippen molar-refractivity contribution in [3.63, 3.8) is 0 Å². The average molecular weight is 395 g/mol. The van der Waals surface area contributed by atoms with E-state index in [1.165, 1.54) is 4.88 Å². The van der Waals surface area contributed by atoms with E-state index in [0.717, 1.165) is 34.4 Å². The van der Waals surface area contributed by atoms with Crippen molar-refractivity contribution in [2.45, 2.75) is 33.5 Å². The number of benzene rings is 2. The molecule has 5 nitrogen and oxygen atoms in total. The standard InChI is InChI=1S/C22H26N4OS/c1-3-23-22(26-15-21-24-13-17(2)28-21)25-14-18-8-7-9-19(12-18)16-27-20-10-5-4-6-11-20/h4-13H,3,14-16H2,1-2H3,(H2,23,25,26). The van der Waals surface area contributed by atoms with Crippen molar-refractivity contribution in [2.75, 3.05) is 6.54 Å². The van der Waals surface area contributed by atoms with Gasteiger partial charge in [0.15, 0.2) is 5.96 Å². The Balaban J connectivity index is 1.57. The number of aromatic nitrogens is 1. The summed E-state index contributed by atoms with van der Waals surface area (Å²) < 4.78 is 5.83. The Hall–Kier alpha value is -2.86. The van der Waals surface area contributed by atoms with Gasteiger partial charge in [-0.2, -0.15) is 0 Å². The van der Waals surface area contributed by atoms with Gasteiger partial charge < -0.3 is 15.4 Å². The summed E-state index contributed by atoms with van der Waals surface area (Å²) in [5.74, 6) is 1.67. The molecular formula is C22H26N4OS. The molecule has 6 heteroatoms. The van der Waals surface area contributed by atoms with Gasteiger partial charge >= 0.3 is 0 Å². The third-order valence-electron chi connectivity index (χ3n) is 3.98. The molecule has 1 aromatic heterocycles. The molecule has 146 valence electrons. The fourth-order valence-corrected chi connectivity index (χ4v) is 3.38. The van der Waals surface area contributed by atoms with Crippen molar-refractivity contribution in [3.05, 3.63) is 81.8 Å². The number of thiazole rings is 1. The third kappa shape index (κ3) is 6.39. The number of nitrogens with one attached hydrogen (secondary N) is 2. The van der Waals surface area contributed by atoms with Crippen molar-refractivity contribution in [1.29, 1.82) is 0 Å². The van der Waals surface area contributed by atoms with Crippen LogP contribution in [-0.4, -0.2) is 17.5 Å². The molecule has 0 spiro atoms. The van der Waals surface area contributed by atoms with Crippen LogP contribution in [0.15, 0.2) is 65.8 Å². The maximum atomic E-state index is 5.83. The highest BCUT2D eigenvalue weighted by Gasteiger charge is 2.03. The zero-order chi connectivity index (χ0) is 19.6. The molecule has 0 saturated carbocycles. The minimum Gasteiger partial charge on any atom is -0.489 e. The maximum Gasteiger partial charge on any atom is 0.191 e. The molecule has 3 rings (SSSR count). The first-order chi connectivity index (χ1) is 13.7. The van der Waals surface area contributed by atoms with E-state index in [4.69, 9.17) is 9.73 Å². The first-order valence-electron chi connectivity index (χ1n) is 9.42. The summed E-state index contributed by atoms with van der Waals surface area (Å²) in [4.78, 5) is 10.3. The lowest BCUT2D eigenvalue weighted by molar-refractivity contribution is 0.306. The van der Waals surface area contributed by atoms with Gasteiger partial charge in [-0.15, -0.1) is 11.3 Å². The number of hydrogen-bond donors (Lipinski definition) is 2. The van der Waals surface area contributed by atoms with Gasteiger partial charge in [-0.05, 0) is 37.1 Å². The van der Waals surface area contributed by atoms with Gasteiger partial charge in [0.2, 0.25) is 0 Å². The Morgan fingerprint density at radius 2 is 1.89 bits per heavy atom. The van der Waals surface area contributed by atoms with E-state index in [-0.39, 0.29) is 0 Å². The van der Waals surface area contributed by atoms with Crippen LogP contribution in [0, 0.1) is 6.92 Å². The molecule has 0 bridgehead atoms. The first-order valence-corrected chi connectivity index (χ1v) is 10.2. The van der Waals surface area contributed by atoms with Gasteiger partial charge in [-0.25, -0.2) is 9.98 Å². The van der Waals surface area contributed by atoms with Crippen LogP contribution in [0.25, 0.3) is 0 Å². The van der Waals surface area contributed by atoms with E-state index in [1.54, 1.807) is 11.3 Å². The Morgan fingerprint density at radius 3 is 2.64 bits per heavy atom. The smallest absolute Gasteiger partial charge is 0.191 e. The van der Waals surface area contributed by atoms with E-state index in [0.29, 0.717) is 19.7 Å². The fourth-order valence-electron chi connectivity index (χ4n) is 2.66. The zero-order valence-electron chi connectivity index (χ0n) is 16.3. The van der Waals surface area contributed by atoms with E-state index in [9.17, 15) is 0 Å². The molecule has 2 aromatic carbocycles. The van der Waals surface area contributed by atoms with E-state index in [2.05, 4.69) is 47.7 Å². The molecule has 2 N–H and O–H groups in total. The van der Waals surface area contributed by atoms with Crippen molar-refractivity contribution in [1.82, 2.24) is 15.6 Å². The molecule has 0 radical (unpaired) electrons. The largest absolute Gasteiger partial charge is 0.489 e. The number of ether oxygens (including phenoxy) is 1. The Morgan fingerprint density at radius 1 is 1.07 bits per heavy atom. The highest BCUT2D eigenvalue weighted by Crippen LogP contribution is 2.13. The Kier molecular flexibility index (Phi) is 7.44. The second kappa shape index (κ2) is 10.5. The molecule has 0 aliphatic carbocycles. The molecular weight excluding hydrogens is 368 g/mol. The summed E-state index contributed by atoms with van der Waals surface area (Å²) in [5, 5.41) is 7.68. The third-order valence-corrected chi connectivity index (χ3v) is 4.89. The molecule has 0 atom stereocenters. The summed E-state index contributed by atoms with van der Waals surface area (Å²) in [6.45, 7) is 6.76. The van der Waals surface area contributed by atoms with Gasteiger partial charge in [-0.3, -0.25) is 0 Å². The molecule has 0 aliphatic heterocycles. The average Bonchev–Trinajstić information content (AvgIpc) is 3.15. The van der Waals surface area contributed by atoms with E-state index in [1.807, 2.05) is 42.6 Å². The van der Waals surface area contributed by atoms with Gasteiger partial charge in [0.05, 0.1) is 13.1 Å². The lowest BCUT2D eigenvalue weighted by Gasteiger charge is -2.11. The topological polar surface area (TPSA) is 58.5 Å². The minimum absolute atomic E-state index is 0.545. The van der Waals surface area contributed by atoms with Crippen LogP contribution in [0.5, 0.6) is 5.75 Å². The molecule has 0 unspecified atom stereocenters. The number of guanidine groups is 1. The molecule has 3 aromatic rings. The van der Waals surface area contributed by atoms with Crippen LogP contribution in [0.4, 0.5) is 0 Å². The SMILES string of the molecule is CCNC(=NCc1cccc(COc2ccccc2)c1)NCc1ncc(C)s1. The highest BCUT2D eigenvalue weighted by molar-refractivity contribution is 7.11. The zero-order valence-corrected chi connectivity index (χ0v) is 17.1. The van der Waals surface area contributed by atoms with Gasteiger partial charge in [0, 0.05) is 17.6 Å². The van der Waals surface area contributed by atoms with E-state index < -0.39 is 0 Å². The molecule has 0 saturated heterocycles. The predicted molar refractivity (Wildman–Crippen MR) is 116 cm³/mol. The van der Waals surface area contributed by atoms with Gasteiger partial charge in [0.25, 0.3) is 0 Å². The highest BCUT2D eigenvalue weighted by atomic mass is 32.1. The number of aryl methyl sites for hydroxylation is 1. The van der Waals surface area contributed by atoms with Crippen molar-refractivity contribution < 1.29 is 4.74 Å². The number of aliphatic imine (C=N–C) groups is 1. The summed E-state index contributed by atoms with van der Waals surface area (Å²) in [7, 11) is 0. The van der Waals surface area contributed by atoms with Crippen LogP contribution < -0.4 is 15.4 Å². The number of rotatable bonds is 8. The molecule has 0 fully saturated rings. The van der Waals surface area contributed by atoms with Crippen molar-refractivity contribution >= 4 is 17.3 Å². The van der Waals surface area contributed by atoms with Crippen LogP contribution in [0.1, 0.15) is 27.9 Å². The quantitative estimate of drug-likeness (QED) is 0.442. The second-order valence-corrected chi connectivity index (χ2v) is 7.65. The van der Waals surface area contributed by atoms with E-state index >= 15 is 0 Å². The Labute approximate surface area is 170 Å². The fraction of sp³-hybridized carbons (Fsp3) is 0.273. The minimum atomic E-state index is 0.545. The van der Waals surface area contributed by atoms with Crippen molar-refractivity contribution in [3.8, 4) is 5.75 Å². The number of hydrogen-bond acceptors (Lipinski definition) is 4. The molecule has 1 heterocycles. The lowest BCUT2D eigenvalue weighted by atomic mass is 10.1. The van der Waals surface area contributed by atoms with Crippen molar-refractivity contribution in [2.24, 2.45) is 4.99 Å². The summed E-state index contributed by atoms with van der Waals surface area (Å²) >= 11 is 1.70.